The average molecular weight is 298 g/mol. The molecule has 0 unspecified atom stereocenters. The molecule has 0 saturated carbocycles. The maximum absolute atomic E-state index is 12.1. The normalized spacial score (nSPS) is 17.9. The summed E-state index contributed by atoms with van der Waals surface area (Å²) in [6.07, 6.45) is 2.29. The summed E-state index contributed by atoms with van der Waals surface area (Å²) in [6.45, 7) is 3.90. The summed E-state index contributed by atoms with van der Waals surface area (Å²) in [4.78, 5) is 13.4. The van der Waals surface area contributed by atoms with E-state index in [1.165, 1.54) is 17.0 Å². The maximum Gasteiger partial charge on any atom is 0.282 e. The fourth-order valence-corrected chi connectivity index (χ4v) is 3.01. The second-order valence-corrected chi connectivity index (χ2v) is 6.71. The minimum atomic E-state index is -3.75. The standard InChI is InChI=1S/C13H19N3O3S/c1-10(16-7-2-3-8-16)13(17)15-11-5-4-6-12(9-11)20(14,18)19/h4-6,9-10H,2-3,7-8H2,1H3,(H,15,17)(H2,14,18,19)/p+1/t10-/m1/s1. The molecule has 1 fully saturated rings. The largest absolute Gasteiger partial charge is 0.325 e. The summed E-state index contributed by atoms with van der Waals surface area (Å²) in [6, 6.07) is 5.84. The fraction of sp³-hybridized carbons (Fsp3) is 0.462. The van der Waals surface area contributed by atoms with Crippen LogP contribution in [0.3, 0.4) is 0 Å². The van der Waals surface area contributed by atoms with Crippen molar-refractivity contribution in [2.45, 2.75) is 30.7 Å². The molecule has 0 bridgehead atoms. The van der Waals surface area contributed by atoms with E-state index in [1.54, 1.807) is 12.1 Å². The van der Waals surface area contributed by atoms with Crippen LogP contribution < -0.4 is 15.4 Å². The van der Waals surface area contributed by atoms with Gasteiger partial charge in [0.05, 0.1) is 18.0 Å². The molecule has 20 heavy (non-hydrogen) atoms. The monoisotopic (exact) mass is 298 g/mol. The number of benzene rings is 1. The van der Waals surface area contributed by atoms with Gasteiger partial charge in [-0.1, -0.05) is 6.07 Å². The van der Waals surface area contributed by atoms with E-state index in [-0.39, 0.29) is 16.8 Å². The van der Waals surface area contributed by atoms with Gasteiger partial charge in [-0.3, -0.25) is 4.79 Å². The van der Waals surface area contributed by atoms with Gasteiger partial charge in [-0.15, -0.1) is 0 Å². The number of primary sulfonamides is 1. The number of amides is 1. The Morgan fingerprint density at radius 2 is 2.00 bits per heavy atom. The number of anilines is 1. The molecule has 1 amide bonds. The molecule has 0 aliphatic carbocycles. The number of rotatable bonds is 4. The van der Waals surface area contributed by atoms with Crippen molar-refractivity contribution in [3.63, 3.8) is 0 Å². The van der Waals surface area contributed by atoms with E-state index in [0.29, 0.717) is 5.69 Å². The van der Waals surface area contributed by atoms with Crippen molar-refractivity contribution in [3.05, 3.63) is 24.3 Å². The minimum Gasteiger partial charge on any atom is -0.325 e. The molecule has 4 N–H and O–H groups in total. The number of likely N-dealkylation sites (tertiary alicyclic amines) is 1. The van der Waals surface area contributed by atoms with Crippen LogP contribution in [0.2, 0.25) is 0 Å². The molecule has 1 aromatic rings. The number of nitrogens with two attached hydrogens (primary N) is 1. The molecule has 1 heterocycles. The summed E-state index contributed by atoms with van der Waals surface area (Å²) in [7, 11) is -3.75. The lowest BCUT2D eigenvalue weighted by Crippen LogP contribution is -3.14. The predicted molar refractivity (Wildman–Crippen MR) is 75.8 cm³/mol. The summed E-state index contributed by atoms with van der Waals surface area (Å²) >= 11 is 0. The zero-order chi connectivity index (χ0) is 14.8. The Kier molecular flexibility index (Phi) is 4.42. The van der Waals surface area contributed by atoms with Gasteiger partial charge < -0.3 is 10.2 Å². The molecule has 1 aliphatic rings. The maximum atomic E-state index is 12.1. The molecule has 6 nitrogen and oxygen atoms in total. The van der Waals surface area contributed by atoms with Crippen LogP contribution in [-0.4, -0.2) is 33.5 Å². The van der Waals surface area contributed by atoms with Crippen molar-refractivity contribution in [3.8, 4) is 0 Å². The first-order chi connectivity index (χ1) is 9.38. The number of hydrogen-bond acceptors (Lipinski definition) is 3. The van der Waals surface area contributed by atoms with Gasteiger partial charge >= 0.3 is 0 Å². The summed E-state index contributed by atoms with van der Waals surface area (Å²) in [5.41, 5.74) is 0.451. The third kappa shape index (κ3) is 3.56. The summed E-state index contributed by atoms with van der Waals surface area (Å²) in [5, 5.41) is 7.82. The topological polar surface area (TPSA) is 93.7 Å². The lowest BCUT2D eigenvalue weighted by molar-refractivity contribution is -0.901. The van der Waals surface area contributed by atoms with E-state index in [0.717, 1.165) is 25.9 Å². The SMILES string of the molecule is C[C@H](C(=O)Nc1cccc(S(N)(=O)=O)c1)[NH+]1CCCC1. The van der Waals surface area contributed by atoms with Crippen molar-refractivity contribution in [1.82, 2.24) is 0 Å². The molecule has 0 aromatic heterocycles. The molecule has 7 heteroatoms. The molecule has 0 radical (unpaired) electrons. The minimum absolute atomic E-state index is 0.00327. The number of sulfonamides is 1. The Bertz CT molecular complexity index is 595. The van der Waals surface area contributed by atoms with Crippen LogP contribution in [0, 0.1) is 0 Å². The van der Waals surface area contributed by atoms with E-state index in [2.05, 4.69) is 5.32 Å². The quantitative estimate of drug-likeness (QED) is 0.689. The van der Waals surface area contributed by atoms with Gasteiger partial charge in [0.2, 0.25) is 10.0 Å². The molecule has 2 rings (SSSR count). The third-order valence-electron chi connectivity index (χ3n) is 3.68. The summed E-state index contributed by atoms with van der Waals surface area (Å²) in [5.74, 6) is -0.103. The number of hydrogen-bond donors (Lipinski definition) is 3. The van der Waals surface area contributed by atoms with Gasteiger partial charge in [0.1, 0.15) is 0 Å². The molecule has 1 aromatic carbocycles. The second-order valence-electron chi connectivity index (χ2n) is 5.15. The Balaban J connectivity index is 2.07. The van der Waals surface area contributed by atoms with Crippen molar-refractivity contribution < 1.29 is 18.1 Å². The van der Waals surface area contributed by atoms with Crippen molar-refractivity contribution in [2.24, 2.45) is 5.14 Å². The Hall–Kier alpha value is -1.44. The van der Waals surface area contributed by atoms with E-state index in [1.807, 2.05) is 6.92 Å². The molecular weight excluding hydrogens is 278 g/mol. The van der Waals surface area contributed by atoms with Crippen molar-refractivity contribution in [1.29, 1.82) is 0 Å². The van der Waals surface area contributed by atoms with Crippen LogP contribution in [0.15, 0.2) is 29.2 Å². The van der Waals surface area contributed by atoms with Crippen LogP contribution in [0.1, 0.15) is 19.8 Å². The zero-order valence-electron chi connectivity index (χ0n) is 11.4. The first-order valence-electron chi connectivity index (χ1n) is 6.66. The Morgan fingerprint density at radius 3 is 2.60 bits per heavy atom. The van der Waals surface area contributed by atoms with Gasteiger partial charge in [-0.25, -0.2) is 13.6 Å². The Morgan fingerprint density at radius 1 is 1.35 bits per heavy atom. The third-order valence-corrected chi connectivity index (χ3v) is 4.59. The molecule has 1 saturated heterocycles. The van der Waals surface area contributed by atoms with Gasteiger partial charge in [0.25, 0.3) is 5.91 Å². The Labute approximate surface area is 119 Å². The van der Waals surface area contributed by atoms with Gasteiger partial charge in [0, 0.05) is 18.5 Å². The molecule has 110 valence electrons. The highest BCUT2D eigenvalue weighted by Gasteiger charge is 2.27. The number of nitrogens with one attached hydrogen (secondary N) is 2. The number of carbonyl (C=O) groups excluding carboxylic acids is 1. The first-order valence-corrected chi connectivity index (χ1v) is 8.21. The highest BCUT2D eigenvalue weighted by atomic mass is 32.2. The van der Waals surface area contributed by atoms with Crippen molar-refractivity contribution >= 4 is 21.6 Å². The van der Waals surface area contributed by atoms with E-state index < -0.39 is 10.0 Å². The van der Waals surface area contributed by atoms with Gasteiger partial charge in [-0.05, 0) is 25.1 Å². The van der Waals surface area contributed by atoms with E-state index in [4.69, 9.17) is 5.14 Å². The van der Waals surface area contributed by atoms with Crippen LogP contribution in [0.4, 0.5) is 5.69 Å². The zero-order valence-corrected chi connectivity index (χ0v) is 12.2. The fourth-order valence-electron chi connectivity index (χ4n) is 2.45. The molecule has 0 spiro atoms. The smallest absolute Gasteiger partial charge is 0.282 e. The lowest BCUT2D eigenvalue weighted by Gasteiger charge is -2.20. The molecule has 1 aliphatic heterocycles. The average Bonchev–Trinajstić information content (AvgIpc) is 2.91. The molecule has 1 atom stereocenters. The van der Waals surface area contributed by atoms with Gasteiger partial charge in [-0.2, -0.15) is 0 Å². The summed E-state index contributed by atoms with van der Waals surface area (Å²) < 4.78 is 22.5. The number of quaternary nitrogens is 1. The van der Waals surface area contributed by atoms with Crippen molar-refractivity contribution in [2.75, 3.05) is 18.4 Å². The lowest BCUT2D eigenvalue weighted by atomic mass is 10.2. The first kappa shape index (κ1) is 15.0. The van der Waals surface area contributed by atoms with E-state index >= 15 is 0 Å². The number of carbonyl (C=O) groups is 1. The van der Waals surface area contributed by atoms with Gasteiger partial charge in [0.15, 0.2) is 6.04 Å². The van der Waals surface area contributed by atoms with Crippen LogP contribution in [0.5, 0.6) is 0 Å². The van der Waals surface area contributed by atoms with Crippen LogP contribution >= 0.6 is 0 Å². The van der Waals surface area contributed by atoms with Crippen LogP contribution in [-0.2, 0) is 14.8 Å². The molecular formula is C13H20N3O3S+. The highest BCUT2D eigenvalue weighted by molar-refractivity contribution is 7.89. The highest BCUT2D eigenvalue weighted by Crippen LogP contribution is 2.14. The van der Waals surface area contributed by atoms with E-state index in [9.17, 15) is 13.2 Å². The second kappa shape index (κ2) is 5.90. The predicted octanol–water partition coefficient (Wildman–Crippen LogP) is -0.660. The van der Waals surface area contributed by atoms with Crippen LogP contribution in [0.25, 0.3) is 0 Å².